The average Bonchev–Trinajstić information content (AvgIpc) is 2.37. The number of benzene rings is 1. The zero-order valence-electron chi connectivity index (χ0n) is 10.2. The Morgan fingerprint density at radius 3 is 2.65 bits per heavy atom. The Balaban J connectivity index is 2.68. The molecule has 0 saturated heterocycles. The third-order valence-electron chi connectivity index (χ3n) is 2.09. The Labute approximate surface area is 102 Å². The summed E-state index contributed by atoms with van der Waals surface area (Å²) in [6.45, 7) is 3.62. The molecule has 4 heteroatoms. The van der Waals surface area contributed by atoms with E-state index < -0.39 is 0 Å². The first-order valence-electron chi connectivity index (χ1n) is 5.60. The third kappa shape index (κ3) is 4.33. The van der Waals surface area contributed by atoms with E-state index >= 15 is 0 Å². The number of hydrogen-bond donors (Lipinski definition) is 0. The molecule has 1 aromatic rings. The summed E-state index contributed by atoms with van der Waals surface area (Å²) in [6, 6.07) is 7.33. The maximum atomic E-state index is 9.00. The summed E-state index contributed by atoms with van der Waals surface area (Å²) in [4.78, 5) is 0. The molecule has 0 atom stereocenters. The summed E-state index contributed by atoms with van der Waals surface area (Å²) in [5, 5.41) is 9.00. The minimum absolute atomic E-state index is 0.469. The molecular weight excluding hydrogens is 218 g/mol. The molecule has 0 N–H and O–H groups in total. The average molecular weight is 235 g/mol. The van der Waals surface area contributed by atoms with E-state index in [1.165, 1.54) is 0 Å². The second-order valence-corrected chi connectivity index (χ2v) is 3.46. The molecule has 0 aliphatic rings. The van der Waals surface area contributed by atoms with Gasteiger partial charge in [0.15, 0.2) is 0 Å². The van der Waals surface area contributed by atoms with E-state index in [1.807, 2.05) is 6.92 Å². The number of nitriles is 1. The largest absolute Gasteiger partial charge is 0.492 e. The van der Waals surface area contributed by atoms with Crippen LogP contribution in [0.25, 0.3) is 0 Å². The van der Waals surface area contributed by atoms with Crippen molar-refractivity contribution in [3.8, 4) is 17.6 Å². The van der Waals surface area contributed by atoms with Gasteiger partial charge >= 0.3 is 0 Å². The number of rotatable bonds is 7. The highest BCUT2D eigenvalue weighted by Crippen LogP contribution is 2.23. The van der Waals surface area contributed by atoms with E-state index in [1.54, 1.807) is 25.3 Å². The van der Waals surface area contributed by atoms with Crippen molar-refractivity contribution in [3.63, 3.8) is 0 Å². The summed E-state index contributed by atoms with van der Waals surface area (Å²) in [7, 11) is 1.62. The van der Waals surface area contributed by atoms with E-state index in [-0.39, 0.29) is 0 Å². The first-order valence-corrected chi connectivity index (χ1v) is 5.60. The topological polar surface area (TPSA) is 51.5 Å². The standard InChI is InChI=1S/C13H17NO3/c1-3-6-17-13-5-4-12(9-11(13)10-14)16-8-7-15-2/h4-5,9H,3,6-8H2,1-2H3. The highest BCUT2D eigenvalue weighted by atomic mass is 16.5. The zero-order valence-corrected chi connectivity index (χ0v) is 10.2. The second-order valence-electron chi connectivity index (χ2n) is 3.46. The van der Waals surface area contributed by atoms with Crippen LogP contribution in [0.1, 0.15) is 18.9 Å². The Morgan fingerprint density at radius 1 is 1.18 bits per heavy atom. The van der Waals surface area contributed by atoms with Gasteiger partial charge in [0.1, 0.15) is 24.2 Å². The van der Waals surface area contributed by atoms with Gasteiger partial charge in [-0.15, -0.1) is 0 Å². The van der Waals surface area contributed by atoms with Crippen molar-refractivity contribution < 1.29 is 14.2 Å². The van der Waals surface area contributed by atoms with Crippen LogP contribution in [0.4, 0.5) is 0 Å². The lowest BCUT2D eigenvalue weighted by Gasteiger charge is -2.09. The van der Waals surface area contributed by atoms with Crippen LogP contribution in [-0.4, -0.2) is 26.9 Å². The van der Waals surface area contributed by atoms with Crippen molar-refractivity contribution in [1.29, 1.82) is 5.26 Å². The fraction of sp³-hybridized carbons (Fsp3) is 0.462. The van der Waals surface area contributed by atoms with Crippen molar-refractivity contribution in [2.75, 3.05) is 26.9 Å². The normalized spacial score (nSPS) is 9.71. The van der Waals surface area contributed by atoms with Gasteiger partial charge in [-0.1, -0.05) is 6.92 Å². The molecule has 4 nitrogen and oxygen atoms in total. The molecule has 92 valence electrons. The molecule has 0 saturated carbocycles. The molecule has 0 unspecified atom stereocenters. The molecule has 1 rings (SSSR count). The molecule has 0 radical (unpaired) electrons. The van der Waals surface area contributed by atoms with Gasteiger partial charge in [0.2, 0.25) is 0 Å². The molecule has 0 bridgehead atoms. The van der Waals surface area contributed by atoms with Crippen molar-refractivity contribution in [2.45, 2.75) is 13.3 Å². The molecule has 0 heterocycles. The summed E-state index contributed by atoms with van der Waals surface area (Å²) in [5.41, 5.74) is 0.494. The summed E-state index contributed by atoms with van der Waals surface area (Å²) < 4.78 is 15.8. The van der Waals surface area contributed by atoms with Gasteiger partial charge in [0.05, 0.1) is 18.8 Å². The van der Waals surface area contributed by atoms with Crippen LogP contribution in [-0.2, 0) is 4.74 Å². The fourth-order valence-electron chi connectivity index (χ4n) is 1.27. The van der Waals surface area contributed by atoms with E-state index in [4.69, 9.17) is 19.5 Å². The highest BCUT2D eigenvalue weighted by Gasteiger charge is 2.05. The van der Waals surface area contributed by atoms with Gasteiger partial charge in [-0.2, -0.15) is 5.26 Å². The van der Waals surface area contributed by atoms with Crippen molar-refractivity contribution in [2.24, 2.45) is 0 Å². The number of nitrogens with zero attached hydrogens (tertiary/aromatic N) is 1. The molecule has 0 amide bonds. The fourth-order valence-corrected chi connectivity index (χ4v) is 1.27. The summed E-state index contributed by atoms with van der Waals surface area (Å²) >= 11 is 0. The van der Waals surface area contributed by atoms with E-state index in [0.29, 0.717) is 36.9 Å². The van der Waals surface area contributed by atoms with Gasteiger partial charge < -0.3 is 14.2 Å². The quantitative estimate of drug-likeness (QED) is 0.681. The number of methoxy groups -OCH3 is 1. The number of ether oxygens (including phenoxy) is 3. The molecule has 0 spiro atoms. The van der Waals surface area contributed by atoms with Gasteiger partial charge in [0.25, 0.3) is 0 Å². The Hall–Kier alpha value is -1.73. The van der Waals surface area contributed by atoms with Gasteiger partial charge in [-0.3, -0.25) is 0 Å². The lowest BCUT2D eigenvalue weighted by molar-refractivity contribution is 0.146. The van der Waals surface area contributed by atoms with Crippen molar-refractivity contribution in [3.05, 3.63) is 23.8 Å². The van der Waals surface area contributed by atoms with E-state index in [9.17, 15) is 0 Å². The van der Waals surface area contributed by atoms with Crippen LogP contribution in [0.15, 0.2) is 18.2 Å². The van der Waals surface area contributed by atoms with Gasteiger partial charge in [-0.25, -0.2) is 0 Å². The van der Waals surface area contributed by atoms with Crippen molar-refractivity contribution in [1.82, 2.24) is 0 Å². The maximum absolute atomic E-state index is 9.00. The molecular formula is C13H17NO3. The van der Waals surface area contributed by atoms with Crippen LogP contribution in [0.3, 0.4) is 0 Å². The second kappa shape index (κ2) is 7.53. The molecule has 0 aliphatic heterocycles. The molecule has 17 heavy (non-hydrogen) atoms. The van der Waals surface area contributed by atoms with E-state index in [0.717, 1.165) is 6.42 Å². The van der Waals surface area contributed by atoms with Crippen LogP contribution >= 0.6 is 0 Å². The SMILES string of the molecule is CCCOc1ccc(OCCOC)cc1C#N. The van der Waals surface area contributed by atoms with Crippen LogP contribution in [0.5, 0.6) is 11.5 Å². The van der Waals surface area contributed by atoms with E-state index in [2.05, 4.69) is 6.07 Å². The monoisotopic (exact) mass is 235 g/mol. The molecule has 1 aromatic carbocycles. The Morgan fingerprint density at radius 2 is 2.00 bits per heavy atom. The predicted octanol–water partition coefficient (Wildman–Crippen LogP) is 2.37. The molecule has 0 aliphatic carbocycles. The molecule has 0 aromatic heterocycles. The predicted molar refractivity (Wildman–Crippen MR) is 64.3 cm³/mol. The first kappa shape index (κ1) is 13.3. The minimum Gasteiger partial charge on any atom is -0.492 e. The summed E-state index contributed by atoms with van der Waals surface area (Å²) in [5.74, 6) is 1.26. The third-order valence-corrected chi connectivity index (χ3v) is 2.09. The van der Waals surface area contributed by atoms with Gasteiger partial charge in [0, 0.05) is 13.2 Å². The zero-order chi connectivity index (χ0) is 12.5. The van der Waals surface area contributed by atoms with Crippen LogP contribution in [0.2, 0.25) is 0 Å². The molecule has 0 fully saturated rings. The first-order chi connectivity index (χ1) is 8.31. The lowest BCUT2D eigenvalue weighted by Crippen LogP contribution is -2.04. The smallest absolute Gasteiger partial charge is 0.137 e. The van der Waals surface area contributed by atoms with Crippen molar-refractivity contribution >= 4 is 0 Å². The van der Waals surface area contributed by atoms with Gasteiger partial charge in [-0.05, 0) is 18.6 Å². The van der Waals surface area contributed by atoms with Crippen LogP contribution in [0, 0.1) is 11.3 Å². The number of hydrogen-bond acceptors (Lipinski definition) is 4. The highest BCUT2D eigenvalue weighted by molar-refractivity contribution is 5.47. The Kier molecular flexibility index (Phi) is 5.91. The maximum Gasteiger partial charge on any atom is 0.137 e. The Bertz CT molecular complexity index is 385. The lowest BCUT2D eigenvalue weighted by atomic mass is 10.2. The van der Waals surface area contributed by atoms with Crippen LogP contribution < -0.4 is 9.47 Å². The minimum atomic E-state index is 0.469. The summed E-state index contributed by atoms with van der Waals surface area (Å²) in [6.07, 6.45) is 0.914.